The van der Waals surface area contributed by atoms with Gasteiger partial charge in [0.05, 0.1) is 26.4 Å². The van der Waals surface area contributed by atoms with Crippen molar-refractivity contribution >= 4 is 0 Å². The Hall–Kier alpha value is -0.160. The Morgan fingerprint density at radius 2 is 1.53 bits per heavy atom. The molecule has 4 nitrogen and oxygen atoms in total. The molecule has 0 bridgehead atoms. The molecule has 4 heteroatoms. The normalized spacial score (nSPS) is 38.6. The molecule has 1 aliphatic carbocycles. The second-order valence-electron chi connectivity index (χ2n) is 5.59. The average molecular weight is 242 g/mol. The van der Waals surface area contributed by atoms with Crippen molar-refractivity contribution in [3.63, 3.8) is 0 Å². The van der Waals surface area contributed by atoms with Crippen LogP contribution in [-0.4, -0.2) is 38.5 Å². The average Bonchev–Trinajstić information content (AvgIpc) is 2.80. The third-order valence-electron chi connectivity index (χ3n) is 4.08. The van der Waals surface area contributed by atoms with Crippen LogP contribution in [0.3, 0.4) is 0 Å². The first-order valence-electron chi connectivity index (χ1n) is 6.79. The van der Waals surface area contributed by atoms with Crippen LogP contribution in [0.25, 0.3) is 0 Å². The predicted octanol–water partition coefficient (Wildman–Crippen LogP) is 1.93. The van der Waals surface area contributed by atoms with Crippen molar-refractivity contribution in [3.05, 3.63) is 0 Å². The Morgan fingerprint density at radius 1 is 0.941 bits per heavy atom. The third-order valence-corrected chi connectivity index (χ3v) is 4.08. The van der Waals surface area contributed by atoms with Crippen LogP contribution in [0.4, 0.5) is 0 Å². The minimum atomic E-state index is -0.265. The van der Waals surface area contributed by atoms with Gasteiger partial charge in [-0.15, -0.1) is 0 Å². The Labute approximate surface area is 103 Å². The lowest BCUT2D eigenvalue weighted by atomic mass is 9.84. The van der Waals surface area contributed by atoms with E-state index in [4.69, 9.17) is 18.9 Å². The Balaban J connectivity index is 1.51. The minimum Gasteiger partial charge on any atom is -0.352 e. The third kappa shape index (κ3) is 2.50. The van der Waals surface area contributed by atoms with Crippen LogP contribution in [0, 0.1) is 11.8 Å². The highest BCUT2D eigenvalue weighted by Crippen LogP contribution is 2.40. The lowest BCUT2D eigenvalue weighted by molar-refractivity contribution is -0.245. The minimum absolute atomic E-state index is 0.00459. The van der Waals surface area contributed by atoms with Crippen LogP contribution in [-0.2, 0) is 18.9 Å². The van der Waals surface area contributed by atoms with Crippen molar-refractivity contribution in [1.82, 2.24) is 0 Å². The molecule has 0 aromatic carbocycles. The zero-order valence-corrected chi connectivity index (χ0v) is 10.5. The van der Waals surface area contributed by atoms with Gasteiger partial charge in [0.15, 0.2) is 12.1 Å². The lowest BCUT2D eigenvalue weighted by Gasteiger charge is -2.40. The summed E-state index contributed by atoms with van der Waals surface area (Å²) in [7, 11) is 0. The Kier molecular flexibility index (Phi) is 3.39. The standard InChI is InChI=1S/C13H22O4/c1-10-8-14-12(15-9-10)11-2-4-13(5-3-11)16-6-7-17-13/h10-12H,2-9H2,1H3. The smallest absolute Gasteiger partial charge is 0.168 e. The number of ether oxygens (including phenoxy) is 4. The highest BCUT2D eigenvalue weighted by atomic mass is 16.7. The van der Waals surface area contributed by atoms with Crippen molar-refractivity contribution in [2.75, 3.05) is 26.4 Å². The molecular weight excluding hydrogens is 220 g/mol. The molecule has 0 atom stereocenters. The van der Waals surface area contributed by atoms with Crippen molar-refractivity contribution in [1.29, 1.82) is 0 Å². The van der Waals surface area contributed by atoms with Gasteiger partial charge in [-0.25, -0.2) is 0 Å². The molecule has 0 radical (unpaired) electrons. The molecule has 0 N–H and O–H groups in total. The van der Waals surface area contributed by atoms with E-state index in [0.717, 1.165) is 52.1 Å². The zero-order chi connectivity index (χ0) is 11.7. The molecule has 17 heavy (non-hydrogen) atoms. The fourth-order valence-electron chi connectivity index (χ4n) is 3.02. The fourth-order valence-corrected chi connectivity index (χ4v) is 3.02. The summed E-state index contributed by atoms with van der Waals surface area (Å²) in [5.41, 5.74) is 0. The van der Waals surface area contributed by atoms with Crippen molar-refractivity contribution in [2.24, 2.45) is 11.8 Å². The number of rotatable bonds is 1. The Bertz CT molecular complexity index is 244. The van der Waals surface area contributed by atoms with Crippen LogP contribution < -0.4 is 0 Å². The molecule has 0 aromatic heterocycles. The van der Waals surface area contributed by atoms with Gasteiger partial charge >= 0.3 is 0 Å². The maximum Gasteiger partial charge on any atom is 0.168 e. The highest BCUT2D eigenvalue weighted by molar-refractivity contribution is 4.84. The largest absolute Gasteiger partial charge is 0.352 e. The monoisotopic (exact) mass is 242 g/mol. The van der Waals surface area contributed by atoms with Crippen molar-refractivity contribution in [2.45, 2.75) is 44.7 Å². The van der Waals surface area contributed by atoms with E-state index in [1.165, 1.54) is 0 Å². The first-order valence-corrected chi connectivity index (χ1v) is 6.79. The van der Waals surface area contributed by atoms with Gasteiger partial charge in [0, 0.05) is 24.7 Å². The lowest BCUT2D eigenvalue weighted by Crippen LogP contribution is -2.42. The van der Waals surface area contributed by atoms with Gasteiger partial charge in [-0.1, -0.05) is 6.92 Å². The molecule has 0 amide bonds. The van der Waals surface area contributed by atoms with E-state index >= 15 is 0 Å². The van der Waals surface area contributed by atoms with Gasteiger partial charge in [0.25, 0.3) is 0 Å². The first-order chi connectivity index (χ1) is 8.27. The summed E-state index contributed by atoms with van der Waals surface area (Å²) in [6.45, 7) is 5.32. The molecule has 2 saturated heterocycles. The maximum absolute atomic E-state index is 5.78. The van der Waals surface area contributed by atoms with Crippen LogP contribution in [0.2, 0.25) is 0 Å². The summed E-state index contributed by atoms with van der Waals surface area (Å²) in [5.74, 6) is 0.780. The van der Waals surface area contributed by atoms with Crippen molar-refractivity contribution < 1.29 is 18.9 Å². The fraction of sp³-hybridized carbons (Fsp3) is 1.00. The molecule has 0 aromatic rings. The molecule has 1 saturated carbocycles. The quantitative estimate of drug-likeness (QED) is 0.704. The van der Waals surface area contributed by atoms with Crippen molar-refractivity contribution in [3.8, 4) is 0 Å². The van der Waals surface area contributed by atoms with Crippen LogP contribution in [0.1, 0.15) is 32.6 Å². The van der Waals surface area contributed by atoms with Crippen LogP contribution in [0.15, 0.2) is 0 Å². The van der Waals surface area contributed by atoms with Gasteiger partial charge in [-0.05, 0) is 12.8 Å². The topological polar surface area (TPSA) is 36.9 Å². The van der Waals surface area contributed by atoms with E-state index in [-0.39, 0.29) is 12.1 Å². The molecule has 1 spiro atoms. The molecule has 2 heterocycles. The van der Waals surface area contributed by atoms with Gasteiger partial charge < -0.3 is 18.9 Å². The summed E-state index contributed by atoms with van der Waals surface area (Å²) >= 11 is 0. The van der Waals surface area contributed by atoms with Gasteiger partial charge in [0.1, 0.15) is 0 Å². The summed E-state index contributed by atoms with van der Waals surface area (Å²) < 4.78 is 23.0. The van der Waals surface area contributed by atoms with Gasteiger partial charge in [-0.3, -0.25) is 0 Å². The molecule has 2 aliphatic heterocycles. The van der Waals surface area contributed by atoms with E-state index in [1.54, 1.807) is 0 Å². The van der Waals surface area contributed by atoms with E-state index in [9.17, 15) is 0 Å². The highest BCUT2D eigenvalue weighted by Gasteiger charge is 2.42. The Morgan fingerprint density at radius 3 is 2.12 bits per heavy atom. The molecule has 3 fully saturated rings. The molecule has 3 aliphatic rings. The number of hydrogen-bond donors (Lipinski definition) is 0. The second-order valence-corrected chi connectivity index (χ2v) is 5.59. The van der Waals surface area contributed by atoms with E-state index in [2.05, 4.69) is 6.92 Å². The predicted molar refractivity (Wildman–Crippen MR) is 61.4 cm³/mol. The maximum atomic E-state index is 5.78. The molecule has 0 unspecified atom stereocenters. The summed E-state index contributed by atoms with van der Waals surface area (Å²) in [6, 6.07) is 0. The summed E-state index contributed by atoms with van der Waals surface area (Å²) in [5, 5.41) is 0. The summed E-state index contributed by atoms with van der Waals surface area (Å²) in [6.07, 6.45) is 4.13. The SMILES string of the molecule is CC1COC(C2CCC3(CC2)OCCO3)OC1. The molecule has 98 valence electrons. The second kappa shape index (κ2) is 4.84. The van der Waals surface area contributed by atoms with Crippen LogP contribution >= 0.6 is 0 Å². The molecular formula is C13H22O4. The number of hydrogen-bond acceptors (Lipinski definition) is 4. The van der Waals surface area contributed by atoms with E-state index in [1.807, 2.05) is 0 Å². The molecule has 3 rings (SSSR count). The first kappa shape index (κ1) is 11.9. The summed E-state index contributed by atoms with van der Waals surface area (Å²) in [4.78, 5) is 0. The van der Waals surface area contributed by atoms with Crippen LogP contribution in [0.5, 0.6) is 0 Å². The van der Waals surface area contributed by atoms with Gasteiger partial charge in [0.2, 0.25) is 0 Å². The van der Waals surface area contributed by atoms with E-state index < -0.39 is 0 Å². The van der Waals surface area contributed by atoms with Gasteiger partial charge in [-0.2, -0.15) is 0 Å². The van der Waals surface area contributed by atoms with E-state index in [0.29, 0.717) is 11.8 Å². The zero-order valence-electron chi connectivity index (χ0n) is 10.5.